The van der Waals surface area contributed by atoms with Gasteiger partial charge in [0.1, 0.15) is 17.3 Å². The second-order valence-corrected chi connectivity index (χ2v) is 10.5. The molecule has 0 radical (unpaired) electrons. The Hall–Kier alpha value is -4.42. The molecule has 226 valence electrons. The lowest BCUT2D eigenvalue weighted by molar-refractivity contribution is -0.160. The predicted molar refractivity (Wildman–Crippen MR) is 153 cm³/mol. The van der Waals surface area contributed by atoms with Gasteiger partial charge in [-0.05, 0) is 74.9 Å². The smallest absolute Gasteiger partial charge is 0.345 e. The van der Waals surface area contributed by atoms with E-state index in [0.29, 0.717) is 11.5 Å². The minimum Gasteiger partial charge on any atom is -0.457 e. The summed E-state index contributed by atoms with van der Waals surface area (Å²) in [7, 11) is 0. The molecule has 0 saturated carbocycles. The van der Waals surface area contributed by atoms with Crippen molar-refractivity contribution >= 4 is 22.7 Å². The first-order chi connectivity index (χ1) is 20.7. The molecule has 43 heavy (non-hydrogen) atoms. The Balaban J connectivity index is 1.22. The van der Waals surface area contributed by atoms with Gasteiger partial charge >= 0.3 is 6.61 Å². The SMILES string of the molecule is CC(N[C@H](C)c1cc2cnccc2[nH]1)[C@@H]1C[C@@H](OC(F)F)CN1C(=O)CNC(=O)c1cccc(Oc2ccc(F)cc2)c1. The number of likely N-dealkylation sites (tertiary alicyclic amines) is 1. The molecule has 3 heterocycles. The summed E-state index contributed by atoms with van der Waals surface area (Å²) in [5.74, 6) is -0.576. The number of carbonyl (C=O) groups is 2. The van der Waals surface area contributed by atoms with Crippen LogP contribution in [0.2, 0.25) is 0 Å². The number of hydrogen-bond acceptors (Lipinski definition) is 6. The number of pyridine rings is 1. The second-order valence-electron chi connectivity index (χ2n) is 10.5. The van der Waals surface area contributed by atoms with E-state index < -0.39 is 36.4 Å². The monoisotopic (exact) mass is 595 g/mol. The van der Waals surface area contributed by atoms with Crippen molar-refractivity contribution in [1.29, 1.82) is 0 Å². The average Bonchev–Trinajstić information content (AvgIpc) is 3.61. The maximum Gasteiger partial charge on any atom is 0.345 e. The molecule has 1 aliphatic rings. The molecule has 1 fully saturated rings. The molecule has 9 nitrogen and oxygen atoms in total. The van der Waals surface area contributed by atoms with Crippen molar-refractivity contribution in [3.05, 3.63) is 90.1 Å². The maximum atomic E-state index is 13.3. The Bertz CT molecular complexity index is 1530. The molecule has 1 saturated heterocycles. The molecule has 2 aromatic carbocycles. The summed E-state index contributed by atoms with van der Waals surface area (Å²) >= 11 is 0. The van der Waals surface area contributed by atoms with Gasteiger partial charge in [0.25, 0.3) is 5.91 Å². The van der Waals surface area contributed by atoms with Crippen LogP contribution in [0.1, 0.15) is 42.4 Å². The first kappa shape index (κ1) is 30.1. The first-order valence-corrected chi connectivity index (χ1v) is 13.9. The van der Waals surface area contributed by atoms with Gasteiger partial charge in [0.05, 0.1) is 12.6 Å². The second kappa shape index (κ2) is 13.3. The number of carbonyl (C=O) groups excluding carboxylic acids is 2. The molecule has 0 aliphatic carbocycles. The minimum atomic E-state index is -2.97. The number of fused-ring (bicyclic) bond motifs is 1. The van der Waals surface area contributed by atoms with E-state index in [1.165, 1.54) is 35.2 Å². The highest BCUT2D eigenvalue weighted by Crippen LogP contribution is 2.27. The van der Waals surface area contributed by atoms with E-state index in [0.717, 1.165) is 16.6 Å². The molecular weight excluding hydrogens is 563 g/mol. The van der Waals surface area contributed by atoms with Gasteiger partial charge < -0.3 is 30.0 Å². The number of alkyl halides is 2. The van der Waals surface area contributed by atoms with E-state index in [1.54, 1.807) is 30.6 Å². The van der Waals surface area contributed by atoms with Crippen LogP contribution in [-0.4, -0.2) is 64.6 Å². The Morgan fingerprint density at radius 3 is 2.63 bits per heavy atom. The van der Waals surface area contributed by atoms with Gasteiger partial charge in [-0.2, -0.15) is 8.78 Å². The van der Waals surface area contributed by atoms with Crippen molar-refractivity contribution in [2.24, 2.45) is 0 Å². The third-order valence-electron chi connectivity index (χ3n) is 7.46. The van der Waals surface area contributed by atoms with Crippen LogP contribution in [0, 0.1) is 5.82 Å². The first-order valence-electron chi connectivity index (χ1n) is 13.9. The zero-order valence-corrected chi connectivity index (χ0v) is 23.6. The summed E-state index contributed by atoms with van der Waals surface area (Å²) in [6.45, 7) is 0.533. The van der Waals surface area contributed by atoms with Crippen LogP contribution in [0.25, 0.3) is 10.9 Å². The van der Waals surface area contributed by atoms with Crippen molar-refractivity contribution in [3.8, 4) is 11.5 Å². The van der Waals surface area contributed by atoms with Crippen LogP contribution in [0.4, 0.5) is 13.2 Å². The van der Waals surface area contributed by atoms with Crippen LogP contribution in [0.5, 0.6) is 11.5 Å². The number of aromatic nitrogens is 2. The molecule has 4 aromatic rings. The van der Waals surface area contributed by atoms with Crippen molar-refractivity contribution < 1.29 is 32.2 Å². The lowest BCUT2D eigenvalue weighted by Crippen LogP contribution is -2.50. The number of H-pyrrole nitrogens is 1. The predicted octanol–water partition coefficient (Wildman–Crippen LogP) is 5.17. The fourth-order valence-electron chi connectivity index (χ4n) is 5.35. The number of nitrogens with one attached hydrogen (secondary N) is 3. The van der Waals surface area contributed by atoms with E-state index in [-0.39, 0.29) is 37.2 Å². The van der Waals surface area contributed by atoms with Crippen molar-refractivity contribution in [2.45, 2.75) is 51.1 Å². The number of nitrogens with zero attached hydrogens (tertiary/aromatic N) is 2. The Kier molecular flexibility index (Phi) is 9.27. The van der Waals surface area contributed by atoms with Gasteiger partial charge in [-0.3, -0.25) is 14.6 Å². The zero-order valence-electron chi connectivity index (χ0n) is 23.6. The van der Waals surface area contributed by atoms with Crippen LogP contribution < -0.4 is 15.4 Å². The van der Waals surface area contributed by atoms with Gasteiger partial charge in [-0.1, -0.05) is 6.07 Å². The van der Waals surface area contributed by atoms with Crippen LogP contribution >= 0.6 is 0 Å². The molecule has 3 N–H and O–H groups in total. The van der Waals surface area contributed by atoms with E-state index in [9.17, 15) is 22.8 Å². The minimum absolute atomic E-state index is 0.0246. The van der Waals surface area contributed by atoms with Crippen molar-refractivity contribution in [3.63, 3.8) is 0 Å². The largest absolute Gasteiger partial charge is 0.457 e. The highest BCUT2D eigenvalue weighted by Gasteiger charge is 2.40. The van der Waals surface area contributed by atoms with Crippen LogP contribution in [0.3, 0.4) is 0 Å². The fraction of sp³-hybridized carbons (Fsp3) is 0.323. The molecule has 2 amide bonds. The number of hydrogen-bond donors (Lipinski definition) is 3. The number of amides is 2. The summed E-state index contributed by atoms with van der Waals surface area (Å²) < 4.78 is 49.8. The zero-order chi connectivity index (χ0) is 30.5. The maximum absolute atomic E-state index is 13.3. The van der Waals surface area contributed by atoms with Gasteiger partial charge in [-0.25, -0.2) is 4.39 Å². The average molecular weight is 596 g/mol. The number of ether oxygens (including phenoxy) is 2. The summed E-state index contributed by atoms with van der Waals surface area (Å²) in [6.07, 6.45) is 2.83. The standard InChI is InChI=1S/C31H32F3N5O4/c1-18(27-13-21-15-35-11-10-26(21)38-27)37-19(2)28-14-25(43-31(33)34)17-39(28)29(40)16-36-30(41)20-4-3-5-24(12-20)42-23-8-6-22(32)7-9-23/h3-13,15,18-19,25,28,31,37-38H,14,16-17H2,1-2H3,(H,36,41)/t18-,19?,25-,28+/m1/s1. The van der Waals surface area contributed by atoms with Gasteiger partial charge in [0.15, 0.2) is 0 Å². The molecular formula is C31H32F3N5O4. The fourth-order valence-corrected chi connectivity index (χ4v) is 5.35. The molecule has 4 atom stereocenters. The molecule has 2 aromatic heterocycles. The number of halogens is 3. The normalized spacial score (nSPS) is 18.1. The van der Waals surface area contributed by atoms with Crippen molar-refractivity contribution in [2.75, 3.05) is 13.1 Å². The topological polar surface area (TPSA) is 109 Å². The lowest BCUT2D eigenvalue weighted by atomic mass is 10.0. The van der Waals surface area contributed by atoms with Crippen LogP contribution in [0.15, 0.2) is 73.1 Å². The summed E-state index contributed by atoms with van der Waals surface area (Å²) in [5, 5.41) is 7.05. The number of benzene rings is 2. The van der Waals surface area contributed by atoms with Gasteiger partial charge in [-0.15, -0.1) is 0 Å². The van der Waals surface area contributed by atoms with Gasteiger partial charge in [0, 0.05) is 59.2 Å². The molecule has 12 heteroatoms. The molecule has 0 spiro atoms. The Labute approximate surface area is 246 Å². The molecule has 5 rings (SSSR count). The number of aromatic amines is 1. The molecule has 1 aliphatic heterocycles. The summed E-state index contributed by atoms with van der Waals surface area (Å²) in [5.41, 5.74) is 2.11. The van der Waals surface area contributed by atoms with Gasteiger partial charge in [0.2, 0.25) is 5.91 Å². The van der Waals surface area contributed by atoms with E-state index in [4.69, 9.17) is 9.47 Å². The highest BCUT2D eigenvalue weighted by molar-refractivity contribution is 5.96. The summed E-state index contributed by atoms with van der Waals surface area (Å²) in [4.78, 5) is 35.2. The summed E-state index contributed by atoms with van der Waals surface area (Å²) in [6, 6.07) is 14.8. The Morgan fingerprint density at radius 1 is 1.09 bits per heavy atom. The van der Waals surface area contributed by atoms with Crippen LogP contribution in [-0.2, 0) is 9.53 Å². The van der Waals surface area contributed by atoms with Crippen molar-refractivity contribution in [1.82, 2.24) is 25.5 Å². The number of rotatable bonds is 11. The highest BCUT2D eigenvalue weighted by atomic mass is 19.3. The Morgan fingerprint density at radius 2 is 1.88 bits per heavy atom. The lowest BCUT2D eigenvalue weighted by Gasteiger charge is -2.31. The molecule has 0 bridgehead atoms. The third kappa shape index (κ3) is 7.51. The third-order valence-corrected chi connectivity index (χ3v) is 7.46. The van der Waals surface area contributed by atoms with E-state index in [1.807, 2.05) is 26.0 Å². The van der Waals surface area contributed by atoms with E-state index >= 15 is 0 Å². The quantitative estimate of drug-likeness (QED) is 0.221. The molecule has 1 unspecified atom stereocenters. The van der Waals surface area contributed by atoms with E-state index in [2.05, 4.69) is 20.6 Å².